The third kappa shape index (κ3) is 3.54. The average molecular weight is 280 g/mol. The topological polar surface area (TPSA) is 81.4 Å². The number of nitrogens with two attached hydrogens (primary N) is 1. The van der Waals surface area contributed by atoms with Crippen molar-refractivity contribution in [2.45, 2.75) is 18.9 Å². The number of rotatable bonds is 4. The molecule has 2 amide bonds. The average Bonchev–Trinajstić information content (AvgIpc) is 2.46. The maximum atomic E-state index is 12.9. The molecule has 1 fully saturated rings. The van der Waals surface area contributed by atoms with Gasteiger partial charge in [0.15, 0.2) is 0 Å². The van der Waals surface area contributed by atoms with Gasteiger partial charge < -0.3 is 15.8 Å². The summed E-state index contributed by atoms with van der Waals surface area (Å²) in [4.78, 5) is 23.6. The van der Waals surface area contributed by atoms with E-state index in [0.717, 1.165) is 12.8 Å². The van der Waals surface area contributed by atoms with E-state index >= 15 is 0 Å². The van der Waals surface area contributed by atoms with Gasteiger partial charge in [-0.25, -0.2) is 4.39 Å². The van der Waals surface area contributed by atoms with Crippen LogP contribution in [0.5, 0.6) is 0 Å². The monoisotopic (exact) mass is 280 g/mol. The minimum Gasteiger partial charge on any atom is -0.381 e. The molecule has 1 saturated heterocycles. The summed E-state index contributed by atoms with van der Waals surface area (Å²) in [5.41, 5.74) is 5.77. The highest BCUT2D eigenvalue weighted by Crippen LogP contribution is 2.18. The van der Waals surface area contributed by atoms with E-state index in [1.54, 1.807) is 0 Å². The van der Waals surface area contributed by atoms with Crippen molar-refractivity contribution in [1.29, 1.82) is 0 Å². The minimum atomic E-state index is -0.954. The Labute approximate surface area is 116 Å². The van der Waals surface area contributed by atoms with Gasteiger partial charge in [0.05, 0.1) is 12.5 Å². The summed E-state index contributed by atoms with van der Waals surface area (Å²) in [6.45, 7) is 1.00. The number of hydrogen-bond acceptors (Lipinski definition) is 3. The Bertz CT molecular complexity index is 484. The number of carbonyl (C=O) groups excluding carboxylic acids is 2. The third-order valence-corrected chi connectivity index (χ3v) is 3.31. The van der Waals surface area contributed by atoms with Crippen LogP contribution in [0.2, 0.25) is 0 Å². The molecule has 20 heavy (non-hydrogen) atoms. The Morgan fingerprint density at radius 1 is 1.35 bits per heavy atom. The van der Waals surface area contributed by atoms with Crippen LogP contribution in [0.1, 0.15) is 24.4 Å². The van der Waals surface area contributed by atoms with E-state index in [1.165, 1.54) is 24.3 Å². The highest BCUT2D eigenvalue weighted by atomic mass is 19.1. The van der Waals surface area contributed by atoms with Crippen LogP contribution in [0.3, 0.4) is 0 Å². The predicted octanol–water partition coefficient (Wildman–Crippen LogP) is 0.895. The molecule has 108 valence electrons. The summed E-state index contributed by atoms with van der Waals surface area (Å²) in [6.07, 6.45) is 1.54. The van der Waals surface area contributed by atoms with Crippen LogP contribution in [0.4, 0.5) is 4.39 Å². The third-order valence-electron chi connectivity index (χ3n) is 3.31. The highest BCUT2D eigenvalue weighted by Gasteiger charge is 2.26. The molecule has 2 rings (SSSR count). The molecule has 0 aromatic heterocycles. The number of ether oxygens (including phenoxy) is 1. The van der Waals surface area contributed by atoms with Crippen LogP contribution in [-0.4, -0.2) is 25.0 Å². The molecule has 2 atom stereocenters. The molecule has 1 aliphatic heterocycles. The summed E-state index contributed by atoms with van der Waals surface area (Å²) in [5, 5.41) is 2.61. The number of hydrogen-bond donors (Lipinski definition) is 2. The SMILES string of the molecule is NC(=O)[C@H](NC(=O)[C@H]1CCCOC1)c1ccc(F)cc1. The largest absolute Gasteiger partial charge is 0.381 e. The Hall–Kier alpha value is -1.95. The van der Waals surface area contributed by atoms with Crippen LogP contribution in [0, 0.1) is 11.7 Å². The molecule has 1 aromatic carbocycles. The zero-order chi connectivity index (χ0) is 14.5. The van der Waals surface area contributed by atoms with E-state index in [2.05, 4.69) is 5.32 Å². The Morgan fingerprint density at radius 3 is 2.60 bits per heavy atom. The molecule has 1 aromatic rings. The van der Waals surface area contributed by atoms with Crippen LogP contribution >= 0.6 is 0 Å². The zero-order valence-corrected chi connectivity index (χ0v) is 11.0. The maximum Gasteiger partial charge on any atom is 0.244 e. The fourth-order valence-electron chi connectivity index (χ4n) is 2.18. The second-order valence-corrected chi connectivity index (χ2v) is 4.81. The Morgan fingerprint density at radius 2 is 2.05 bits per heavy atom. The van der Waals surface area contributed by atoms with Gasteiger partial charge in [-0.1, -0.05) is 12.1 Å². The summed E-state index contributed by atoms with van der Waals surface area (Å²) in [7, 11) is 0. The second kappa shape index (κ2) is 6.47. The lowest BCUT2D eigenvalue weighted by Gasteiger charge is -2.24. The molecule has 5 nitrogen and oxygen atoms in total. The second-order valence-electron chi connectivity index (χ2n) is 4.81. The first kappa shape index (κ1) is 14.5. The van der Waals surface area contributed by atoms with E-state index in [-0.39, 0.29) is 11.8 Å². The van der Waals surface area contributed by atoms with Crippen molar-refractivity contribution in [2.75, 3.05) is 13.2 Å². The molecule has 0 unspecified atom stereocenters. The Kier molecular flexibility index (Phi) is 4.68. The van der Waals surface area contributed by atoms with Crippen molar-refractivity contribution in [3.63, 3.8) is 0 Å². The first-order chi connectivity index (χ1) is 9.58. The fourth-order valence-corrected chi connectivity index (χ4v) is 2.18. The highest BCUT2D eigenvalue weighted by molar-refractivity contribution is 5.88. The maximum absolute atomic E-state index is 12.9. The van der Waals surface area contributed by atoms with Crippen molar-refractivity contribution in [1.82, 2.24) is 5.32 Å². The van der Waals surface area contributed by atoms with Crippen molar-refractivity contribution in [2.24, 2.45) is 11.7 Å². The van der Waals surface area contributed by atoms with Gasteiger partial charge >= 0.3 is 0 Å². The Balaban J connectivity index is 2.07. The van der Waals surface area contributed by atoms with Gasteiger partial charge in [-0.3, -0.25) is 9.59 Å². The van der Waals surface area contributed by atoms with Gasteiger partial charge in [0.25, 0.3) is 0 Å². The molecular formula is C14H17FN2O3. The fraction of sp³-hybridized carbons (Fsp3) is 0.429. The van der Waals surface area contributed by atoms with E-state index in [4.69, 9.17) is 10.5 Å². The molecule has 0 spiro atoms. The van der Waals surface area contributed by atoms with Crippen LogP contribution in [0.25, 0.3) is 0 Å². The van der Waals surface area contributed by atoms with E-state index < -0.39 is 17.8 Å². The lowest BCUT2D eigenvalue weighted by atomic mass is 9.99. The van der Waals surface area contributed by atoms with E-state index in [1.807, 2.05) is 0 Å². The van der Waals surface area contributed by atoms with Crippen LogP contribution in [0.15, 0.2) is 24.3 Å². The molecule has 3 N–H and O–H groups in total. The number of amides is 2. The summed E-state index contributed by atoms with van der Waals surface area (Å²) in [6, 6.07) is 4.36. The van der Waals surface area contributed by atoms with Crippen molar-refractivity contribution in [3.8, 4) is 0 Å². The van der Waals surface area contributed by atoms with Gasteiger partial charge in [-0.15, -0.1) is 0 Å². The lowest BCUT2D eigenvalue weighted by molar-refractivity contribution is -0.133. The number of benzene rings is 1. The van der Waals surface area contributed by atoms with Crippen molar-refractivity contribution in [3.05, 3.63) is 35.6 Å². The normalized spacial score (nSPS) is 20.1. The molecular weight excluding hydrogens is 263 g/mol. The van der Waals surface area contributed by atoms with E-state index in [0.29, 0.717) is 18.8 Å². The van der Waals surface area contributed by atoms with Gasteiger partial charge in [-0.05, 0) is 30.5 Å². The predicted molar refractivity (Wildman–Crippen MR) is 70.0 cm³/mol. The first-order valence-corrected chi connectivity index (χ1v) is 6.51. The molecule has 0 radical (unpaired) electrons. The van der Waals surface area contributed by atoms with Gasteiger partial charge in [-0.2, -0.15) is 0 Å². The van der Waals surface area contributed by atoms with Gasteiger partial charge in [0.1, 0.15) is 11.9 Å². The number of halogens is 1. The lowest BCUT2D eigenvalue weighted by Crippen LogP contribution is -2.42. The first-order valence-electron chi connectivity index (χ1n) is 6.51. The molecule has 0 bridgehead atoms. The molecule has 1 heterocycles. The number of primary amides is 1. The van der Waals surface area contributed by atoms with Crippen molar-refractivity contribution < 1.29 is 18.7 Å². The minimum absolute atomic E-state index is 0.266. The van der Waals surface area contributed by atoms with E-state index in [9.17, 15) is 14.0 Å². The standard InChI is InChI=1S/C14H17FN2O3/c15-11-5-3-9(4-6-11)12(13(16)18)17-14(19)10-2-1-7-20-8-10/h3-6,10,12H,1-2,7-8H2,(H2,16,18)(H,17,19)/t10-,12+/m0/s1. The summed E-state index contributed by atoms with van der Waals surface area (Å²) < 4.78 is 18.1. The smallest absolute Gasteiger partial charge is 0.244 e. The van der Waals surface area contributed by atoms with Gasteiger partial charge in [0, 0.05) is 6.61 Å². The van der Waals surface area contributed by atoms with Gasteiger partial charge in [0.2, 0.25) is 11.8 Å². The van der Waals surface area contributed by atoms with Crippen molar-refractivity contribution >= 4 is 11.8 Å². The van der Waals surface area contributed by atoms with Crippen LogP contribution in [-0.2, 0) is 14.3 Å². The number of nitrogens with one attached hydrogen (secondary N) is 1. The summed E-state index contributed by atoms with van der Waals surface area (Å²) in [5.74, 6) is -1.63. The number of carbonyl (C=O) groups is 2. The molecule has 1 aliphatic rings. The molecule has 0 aliphatic carbocycles. The quantitative estimate of drug-likeness (QED) is 0.859. The summed E-state index contributed by atoms with van der Waals surface area (Å²) >= 11 is 0. The van der Waals surface area contributed by atoms with Crippen LogP contribution < -0.4 is 11.1 Å². The molecule has 0 saturated carbocycles. The zero-order valence-electron chi connectivity index (χ0n) is 11.0. The molecule has 6 heteroatoms.